The summed E-state index contributed by atoms with van der Waals surface area (Å²) in [6, 6.07) is 0. The summed E-state index contributed by atoms with van der Waals surface area (Å²) in [5, 5.41) is 0. The molecule has 1 aliphatic carbocycles. The molecule has 0 saturated heterocycles. The highest BCUT2D eigenvalue weighted by Crippen LogP contribution is 2.25. The van der Waals surface area contributed by atoms with E-state index in [1.807, 2.05) is 6.92 Å². The molecule has 2 nitrogen and oxygen atoms in total. The van der Waals surface area contributed by atoms with Crippen LogP contribution >= 0.6 is 0 Å². The van der Waals surface area contributed by atoms with Crippen LogP contribution in [0.4, 0.5) is 0 Å². The van der Waals surface area contributed by atoms with E-state index in [1.54, 1.807) is 0 Å². The lowest BCUT2D eigenvalue weighted by Crippen LogP contribution is -2.15. The van der Waals surface area contributed by atoms with Gasteiger partial charge in [-0.3, -0.25) is 4.79 Å². The van der Waals surface area contributed by atoms with Gasteiger partial charge in [-0.05, 0) is 25.2 Å². The van der Waals surface area contributed by atoms with Crippen LogP contribution in [-0.2, 0) is 9.53 Å². The molecule has 0 amide bonds. The number of allylic oxidation sites excluding steroid dienone is 2. The first-order chi connectivity index (χ1) is 5.74. The third-order valence-electron chi connectivity index (χ3n) is 2.40. The van der Waals surface area contributed by atoms with Gasteiger partial charge in [-0.25, -0.2) is 0 Å². The number of carbonyl (C=O) groups excluding carboxylic acids is 1. The Labute approximate surface area is 73.6 Å². The Balaban J connectivity index is 2.25. The molecule has 1 atom stereocenters. The summed E-state index contributed by atoms with van der Waals surface area (Å²) in [7, 11) is 1.45. The normalized spacial score (nSPS) is 19.5. The van der Waals surface area contributed by atoms with Gasteiger partial charge in [0.15, 0.2) is 0 Å². The zero-order valence-corrected chi connectivity index (χ0v) is 7.75. The molecule has 0 aromatic carbocycles. The highest BCUT2D eigenvalue weighted by atomic mass is 16.5. The number of carbonyl (C=O) groups is 1. The van der Waals surface area contributed by atoms with Crippen LogP contribution in [0.2, 0.25) is 0 Å². The second-order valence-corrected chi connectivity index (χ2v) is 3.47. The van der Waals surface area contributed by atoms with Crippen LogP contribution in [0.15, 0.2) is 12.2 Å². The maximum atomic E-state index is 11.1. The molecule has 0 spiro atoms. The molecule has 0 bridgehead atoms. The molecule has 0 heterocycles. The third kappa shape index (κ3) is 2.36. The second kappa shape index (κ2) is 4.29. The van der Waals surface area contributed by atoms with E-state index in [1.165, 1.54) is 7.11 Å². The molecule has 0 unspecified atom stereocenters. The molecular weight excluding hydrogens is 152 g/mol. The molecule has 0 fully saturated rings. The lowest BCUT2D eigenvalue weighted by atomic mass is 9.94. The van der Waals surface area contributed by atoms with Gasteiger partial charge in [0.05, 0.1) is 13.0 Å². The van der Waals surface area contributed by atoms with E-state index >= 15 is 0 Å². The maximum Gasteiger partial charge on any atom is 0.308 e. The predicted octanol–water partition coefficient (Wildman–Crippen LogP) is 2.15. The van der Waals surface area contributed by atoms with Crippen molar-refractivity contribution in [3.8, 4) is 0 Å². The summed E-state index contributed by atoms with van der Waals surface area (Å²) >= 11 is 0. The first-order valence-electron chi connectivity index (χ1n) is 4.47. The van der Waals surface area contributed by atoms with Gasteiger partial charge in [0, 0.05) is 0 Å². The highest BCUT2D eigenvalue weighted by Gasteiger charge is 2.19. The van der Waals surface area contributed by atoms with Gasteiger partial charge in [-0.1, -0.05) is 19.1 Å². The van der Waals surface area contributed by atoms with E-state index in [9.17, 15) is 4.79 Å². The number of methoxy groups -OCH3 is 1. The summed E-state index contributed by atoms with van der Waals surface area (Å²) in [6.45, 7) is 1.93. The lowest BCUT2D eigenvalue weighted by molar-refractivity contribution is -0.145. The van der Waals surface area contributed by atoms with Crippen molar-refractivity contribution in [2.75, 3.05) is 7.11 Å². The predicted molar refractivity (Wildman–Crippen MR) is 47.7 cm³/mol. The zero-order chi connectivity index (χ0) is 8.97. The Morgan fingerprint density at radius 2 is 2.17 bits per heavy atom. The van der Waals surface area contributed by atoms with Crippen molar-refractivity contribution in [1.82, 2.24) is 0 Å². The molecule has 2 heteroatoms. The van der Waals surface area contributed by atoms with Crippen molar-refractivity contribution < 1.29 is 9.53 Å². The Morgan fingerprint density at radius 1 is 1.58 bits per heavy atom. The lowest BCUT2D eigenvalue weighted by Gasteiger charge is -2.13. The SMILES string of the molecule is COC(=O)[C@@H](C)CC1CC=CC1. The Hall–Kier alpha value is -0.790. The van der Waals surface area contributed by atoms with Crippen molar-refractivity contribution in [3.05, 3.63) is 12.2 Å². The number of rotatable bonds is 3. The highest BCUT2D eigenvalue weighted by molar-refractivity contribution is 5.71. The molecule has 0 aromatic heterocycles. The van der Waals surface area contributed by atoms with Crippen LogP contribution in [0.5, 0.6) is 0 Å². The minimum atomic E-state index is -0.0816. The van der Waals surface area contributed by atoms with Crippen LogP contribution in [0.1, 0.15) is 26.2 Å². The minimum absolute atomic E-state index is 0.0555. The first-order valence-corrected chi connectivity index (χ1v) is 4.47. The van der Waals surface area contributed by atoms with Gasteiger partial charge >= 0.3 is 5.97 Å². The molecule has 0 saturated carbocycles. The van der Waals surface area contributed by atoms with Gasteiger partial charge < -0.3 is 4.74 Å². The second-order valence-electron chi connectivity index (χ2n) is 3.47. The van der Waals surface area contributed by atoms with Gasteiger partial charge in [-0.2, -0.15) is 0 Å². The van der Waals surface area contributed by atoms with Crippen LogP contribution in [0, 0.1) is 11.8 Å². The summed E-state index contributed by atoms with van der Waals surface area (Å²) in [5.74, 6) is 0.640. The zero-order valence-electron chi connectivity index (χ0n) is 7.75. The largest absolute Gasteiger partial charge is 0.469 e. The van der Waals surface area contributed by atoms with Gasteiger partial charge in [0.2, 0.25) is 0 Å². The van der Waals surface area contributed by atoms with Crippen molar-refractivity contribution in [1.29, 1.82) is 0 Å². The fourth-order valence-electron chi connectivity index (χ4n) is 1.66. The van der Waals surface area contributed by atoms with Crippen molar-refractivity contribution in [2.24, 2.45) is 11.8 Å². The Morgan fingerprint density at radius 3 is 2.67 bits per heavy atom. The molecule has 0 radical (unpaired) electrons. The number of ether oxygens (including phenoxy) is 1. The quantitative estimate of drug-likeness (QED) is 0.477. The molecule has 12 heavy (non-hydrogen) atoms. The average Bonchev–Trinajstić information content (AvgIpc) is 2.55. The molecule has 0 aliphatic heterocycles. The van der Waals surface area contributed by atoms with E-state index in [0.717, 1.165) is 19.3 Å². The molecule has 1 rings (SSSR count). The fourth-order valence-corrected chi connectivity index (χ4v) is 1.66. The van der Waals surface area contributed by atoms with E-state index in [0.29, 0.717) is 5.92 Å². The van der Waals surface area contributed by atoms with Crippen molar-refractivity contribution in [3.63, 3.8) is 0 Å². The Bertz CT molecular complexity index is 176. The number of esters is 1. The molecule has 0 N–H and O–H groups in total. The summed E-state index contributed by atoms with van der Waals surface area (Å²) in [4.78, 5) is 11.1. The Kier molecular flexibility index (Phi) is 3.32. The summed E-state index contributed by atoms with van der Waals surface area (Å²) in [5.41, 5.74) is 0. The standard InChI is InChI=1S/C10H16O2/c1-8(10(11)12-2)7-9-5-3-4-6-9/h3-4,8-9H,5-7H2,1-2H3/t8-/m0/s1. The maximum absolute atomic E-state index is 11.1. The molecule has 0 aromatic rings. The van der Waals surface area contributed by atoms with Gasteiger partial charge in [0.1, 0.15) is 0 Å². The summed E-state index contributed by atoms with van der Waals surface area (Å²) in [6.07, 6.45) is 7.59. The third-order valence-corrected chi connectivity index (χ3v) is 2.40. The van der Waals surface area contributed by atoms with E-state index in [4.69, 9.17) is 0 Å². The van der Waals surface area contributed by atoms with Crippen LogP contribution in [0.3, 0.4) is 0 Å². The molecular formula is C10H16O2. The van der Waals surface area contributed by atoms with E-state index in [-0.39, 0.29) is 11.9 Å². The van der Waals surface area contributed by atoms with Gasteiger partial charge in [0.25, 0.3) is 0 Å². The van der Waals surface area contributed by atoms with E-state index in [2.05, 4.69) is 16.9 Å². The van der Waals surface area contributed by atoms with Crippen molar-refractivity contribution >= 4 is 5.97 Å². The van der Waals surface area contributed by atoms with Crippen LogP contribution in [0.25, 0.3) is 0 Å². The fraction of sp³-hybridized carbons (Fsp3) is 0.700. The number of hydrogen-bond donors (Lipinski definition) is 0. The topological polar surface area (TPSA) is 26.3 Å². The monoisotopic (exact) mass is 168 g/mol. The van der Waals surface area contributed by atoms with E-state index < -0.39 is 0 Å². The van der Waals surface area contributed by atoms with Gasteiger partial charge in [-0.15, -0.1) is 0 Å². The average molecular weight is 168 g/mol. The number of hydrogen-bond acceptors (Lipinski definition) is 2. The molecule has 1 aliphatic rings. The summed E-state index contributed by atoms with van der Waals surface area (Å²) < 4.78 is 4.66. The molecule has 68 valence electrons. The van der Waals surface area contributed by atoms with Crippen molar-refractivity contribution in [2.45, 2.75) is 26.2 Å². The minimum Gasteiger partial charge on any atom is -0.469 e. The first kappa shape index (κ1) is 9.30. The van der Waals surface area contributed by atoms with Crippen LogP contribution in [-0.4, -0.2) is 13.1 Å². The smallest absolute Gasteiger partial charge is 0.308 e. The van der Waals surface area contributed by atoms with Crippen LogP contribution < -0.4 is 0 Å².